The molecule has 2 unspecified atom stereocenters. The number of hydrogen-bond acceptors (Lipinski definition) is 2. The van der Waals surface area contributed by atoms with Gasteiger partial charge in [-0.15, -0.1) is 0 Å². The lowest BCUT2D eigenvalue weighted by Gasteiger charge is -2.21. The Morgan fingerprint density at radius 2 is 1.88 bits per heavy atom. The third kappa shape index (κ3) is 2.70. The van der Waals surface area contributed by atoms with Gasteiger partial charge in [-0.1, -0.05) is 45.0 Å². The molecule has 0 amide bonds. The van der Waals surface area contributed by atoms with Gasteiger partial charge in [-0.05, 0) is 23.0 Å². The van der Waals surface area contributed by atoms with E-state index >= 15 is 0 Å². The molecule has 0 radical (unpaired) electrons. The van der Waals surface area contributed by atoms with Crippen molar-refractivity contribution in [2.45, 2.75) is 38.7 Å². The molecule has 2 atom stereocenters. The standard InChI is InChI=1S/C15H22O2/c1-15(2,3)13-6-4-11(5-7-13)14-12(10-16)8-9-17-14/h4-7,12,14,16H,8-10H2,1-3H3. The lowest BCUT2D eigenvalue weighted by molar-refractivity contribution is 0.0720. The Labute approximate surface area is 104 Å². The number of rotatable bonds is 2. The van der Waals surface area contributed by atoms with Crippen LogP contribution in [-0.2, 0) is 10.2 Å². The molecule has 1 heterocycles. The van der Waals surface area contributed by atoms with E-state index in [0.717, 1.165) is 13.0 Å². The predicted octanol–water partition coefficient (Wildman–Crippen LogP) is 3.05. The van der Waals surface area contributed by atoms with Gasteiger partial charge in [0.25, 0.3) is 0 Å². The van der Waals surface area contributed by atoms with E-state index in [1.54, 1.807) is 0 Å². The average Bonchev–Trinajstić information content (AvgIpc) is 2.76. The lowest BCUT2D eigenvalue weighted by atomic mass is 9.85. The molecule has 94 valence electrons. The number of hydrogen-bond donors (Lipinski definition) is 1. The van der Waals surface area contributed by atoms with E-state index in [4.69, 9.17) is 4.74 Å². The molecule has 1 N–H and O–H groups in total. The second-order valence-electron chi connectivity index (χ2n) is 5.89. The monoisotopic (exact) mass is 234 g/mol. The summed E-state index contributed by atoms with van der Waals surface area (Å²) in [5, 5.41) is 9.30. The fourth-order valence-corrected chi connectivity index (χ4v) is 2.36. The topological polar surface area (TPSA) is 29.5 Å². The zero-order chi connectivity index (χ0) is 12.5. The Balaban J connectivity index is 2.18. The molecule has 1 aliphatic heterocycles. The molecule has 1 aromatic rings. The highest BCUT2D eigenvalue weighted by Gasteiger charge is 2.29. The van der Waals surface area contributed by atoms with E-state index in [1.807, 2.05) is 0 Å². The van der Waals surface area contributed by atoms with Crippen molar-refractivity contribution in [3.63, 3.8) is 0 Å². The maximum absolute atomic E-state index is 9.30. The number of aliphatic hydroxyl groups is 1. The zero-order valence-electron chi connectivity index (χ0n) is 10.9. The number of benzene rings is 1. The first-order valence-electron chi connectivity index (χ1n) is 6.35. The van der Waals surface area contributed by atoms with Crippen LogP contribution in [0.3, 0.4) is 0 Å². The molecule has 1 aliphatic rings. The maximum Gasteiger partial charge on any atom is 0.0875 e. The summed E-state index contributed by atoms with van der Waals surface area (Å²) in [4.78, 5) is 0. The minimum absolute atomic E-state index is 0.0778. The molecule has 0 spiro atoms. The predicted molar refractivity (Wildman–Crippen MR) is 69.0 cm³/mol. The first-order valence-corrected chi connectivity index (χ1v) is 6.35. The van der Waals surface area contributed by atoms with Crippen LogP contribution in [0.2, 0.25) is 0 Å². The summed E-state index contributed by atoms with van der Waals surface area (Å²) < 4.78 is 5.71. The molecule has 0 aromatic heterocycles. The fraction of sp³-hybridized carbons (Fsp3) is 0.600. The van der Waals surface area contributed by atoms with Gasteiger partial charge in [0, 0.05) is 19.1 Å². The molecule has 0 aliphatic carbocycles. The average molecular weight is 234 g/mol. The van der Waals surface area contributed by atoms with Crippen molar-refractivity contribution in [1.82, 2.24) is 0 Å². The third-order valence-electron chi connectivity index (χ3n) is 3.55. The summed E-state index contributed by atoms with van der Waals surface area (Å²) in [7, 11) is 0. The van der Waals surface area contributed by atoms with Crippen molar-refractivity contribution in [1.29, 1.82) is 0 Å². The smallest absolute Gasteiger partial charge is 0.0875 e. The third-order valence-corrected chi connectivity index (χ3v) is 3.55. The summed E-state index contributed by atoms with van der Waals surface area (Å²) in [5.74, 6) is 0.260. The Kier molecular flexibility index (Phi) is 3.55. The molecule has 2 rings (SSSR count). The molecule has 1 aromatic carbocycles. The van der Waals surface area contributed by atoms with Gasteiger partial charge in [-0.3, -0.25) is 0 Å². The Morgan fingerprint density at radius 1 is 1.24 bits per heavy atom. The molecule has 2 nitrogen and oxygen atoms in total. The van der Waals surface area contributed by atoms with Crippen LogP contribution >= 0.6 is 0 Å². The van der Waals surface area contributed by atoms with Gasteiger partial charge in [0.05, 0.1) is 6.10 Å². The fourth-order valence-electron chi connectivity index (χ4n) is 2.36. The van der Waals surface area contributed by atoms with Crippen molar-refractivity contribution in [3.05, 3.63) is 35.4 Å². The van der Waals surface area contributed by atoms with Crippen LogP contribution in [-0.4, -0.2) is 18.3 Å². The number of aliphatic hydroxyl groups excluding tert-OH is 1. The van der Waals surface area contributed by atoms with Crippen molar-refractivity contribution in [2.75, 3.05) is 13.2 Å². The molecular formula is C15H22O2. The Hall–Kier alpha value is -0.860. The van der Waals surface area contributed by atoms with Gasteiger partial charge < -0.3 is 9.84 Å². The Bertz CT molecular complexity index is 362. The van der Waals surface area contributed by atoms with E-state index in [1.165, 1.54) is 11.1 Å². The van der Waals surface area contributed by atoms with Gasteiger partial charge in [-0.2, -0.15) is 0 Å². The van der Waals surface area contributed by atoms with E-state index < -0.39 is 0 Å². The highest BCUT2D eigenvalue weighted by Crippen LogP contribution is 2.35. The highest BCUT2D eigenvalue weighted by molar-refractivity contribution is 5.29. The zero-order valence-corrected chi connectivity index (χ0v) is 10.9. The molecule has 1 fully saturated rings. The minimum Gasteiger partial charge on any atom is -0.396 e. The quantitative estimate of drug-likeness (QED) is 0.852. The van der Waals surface area contributed by atoms with Crippen LogP contribution < -0.4 is 0 Å². The SMILES string of the molecule is CC(C)(C)c1ccc(C2OCCC2CO)cc1. The normalized spacial score (nSPS) is 25.2. The first kappa shape index (κ1) is 12.6. The van der Waals surface area contributed by atoms with E-state index in [2.05, 4.69) is 45.0 Å². The van der Waals surface area contributed by atoms with Gasteiger partial charge >= 0.3 is 0 Å². The Morgan fingerprint density at radius 3 is 2.41 bits per heavy atom. The molecule has 0 saturated carbocycles. The van der Waals surface area contributed by atoms with Crippen molar-refractivity contribution < 1.29 is 9.84 Å². The van der Waals surface area contributed by atoms with Crippen molar-refractivity contribution in [3.8, 4) is 0 Å². The van der Waals surface area contributed by atoms with Gasteiger partial charge in [-0.25, -0.2) is 0 Å². The van der Waals surface area contributed by atoms with Gasteiger partial charge in [0.2, 0.25) is 0 Å². The maximum atomic E-state index is 9.30. The van der Waals surface area contributed by atoms with Crippen LogP contribution in [0.25, 0.3) is 0 Å². The van der Waals surface area contributed by atoms with Crippen LogP contribution in [0.15, 0.2) is 24.3 Å². The van der Waals surface area contributed by atoms with Crippen molar-refractivity contribution >= 4 is 0 Å². The van der Waals surface area contributed by atoms with E-state index in [-0.39, 0.29) is 24.0 Å². The summed E-state index contributed by atoms with van der Waals surface area (Å²) >= 11 is 0. The van der Waals surface area contributed by atoms with E-state index in [0.29, 0.717) is 0 Å². The van der Waals surface area contributed by atoms with Crippen LogP contribution in [0.5, 0.6) is 0 Å². The molecule has 0 bridgehead atoms. The van der Waals surface area contributed by atoms with E-state index in [9.17, 15) is 5.11 Å². The summed E-state index contributed by atoms with van der Waals surface area (Å²) in [6, 6.07) is 8.62. The molecule has 2 heteroatoms. The second-order valence-corrected chi connectivity index (χ2v) is 5.89. The number of ether oxygens (including phenoxy) is 1. The minimum atomic E-state index is 0.0778. The summed E-state index contributed by atoms with van der Waals surface area (Å²) in [5.41, 5.74) is 2.71. The first-order chi connectivity index (χ1) is 8.02. The molecule has 1 saturated heterocycles. The van der Waals surface area contributed by atoms with Crippen LogP contribution in [0.1, 0.15) is 44.4 Å². The molecule has 17 heavy (non-hydrogen) atoms. The van der Waals surface area contributed by atoms with Crippen molar-refractivity contribution in [2.24, 2.45) is 5.92 Å². The van der Waals surface area contributed by atoms with Crippen LogP contribution in [0, 0.1) is 5.92 Å². The highest BCUT2D eigenvalue weighted by atomic mass is 16.5. The van der Waals surface area contributed by atoms with Gasteiger partial charge in [0.15, 0.2) is 0 Å². The van der Waals surface area contributed by atoms with Crippen LogP contribution in [0.4, 0.5) is 0 Å². The summed E-state index contributed by atoms with van der Waals surface area (Å²) in [6.07, 6.45) is 1.04. The summed E-state index contributed by atoms with van der Waals surface area (Å²) in [6.45, 7) is 7.61. The van der Waals surface area contributed by atoms with Gasteiger partial charge in [0.1, 0.15) is 0 Å². The molecular weight excluding hydrogens is 212 g/mol. The lowest BCUT2D eigenvalue weighted by Crippen LogP contribution is -2.13. The second kappa shape index (κ2) is 4.79. The largest absolute Gasteiger partial charge is 0.396 e.